The lowest BCUT2D eigenvalue weighted by Crippen LogP contribution is -2.30. The van der Waals surface area contributed by atoms with E-state index in [0.29, 0.717) is 5.52 Å². The van der Waals surface area contributed by atoms with Crippen LogP contribution in [-0.2, 0) is 0 Å². The van der Waals surface area contributed by atoms with Crippen LogP contribution in [0.1, 0.15) is 16.7 Å². The summed E-state index contributed by atoms with van der Waals surface area (Å²) in [7, 11) is 2.09. The molecule has 3 aromatic rings. The normalized spacial score (nSPS) is 16.6. The molecule has 1 N–H and O–H groups in total. The molecular formula is C22H20N2O. The average molecular weight is 328 g/mol. The van der Waals surface area contributed by atoms with Gasteiger partial charge in [0.1, 0.15) is 11.3 Å². The second-order valence-corrected chi connectivity index (χ2v) is 6.41. The number of aromatic nitrogens is 1. The number of fused-ring (bicyclic) bond motifs is 2. The first-order valence-electron chi connectivity index (χ1n) is 8.41. The van der Waals surface area contributed by atoms with Crippen LogP contribution in [0.3, 0.4) is 0 Å². The van der Waals surface area contributed by atoms with Gasteiger partial charge in [0.2, 0.25) is 0 Å². The molecule has 1 atom stereocenters. The Kier molecular flexibility index (Phi) is 3.77. The molecule has 2 heterocycles. The maximum absolute atomic E-state index is 10.6. The number of benzene rings is 2. The summed E-state index contributed by atoms with van der Waals surface area (Å²) in [4.78, 5) is 6.56. The maximum atomic E-state index is 10.6. The molecule has 1 aromatic heterocycles. The van der Waals surface area contributed by atoms with Crippen molar-refractivity contribution in [3.05, 3.63) is 77.5 Å². The monoisotopic (exact) mass is 328 g/mol. The SMILES string of the molecule is Cc1cc(/C=C/C2C=Cc3ccccc3N2C)c(O)c2ncccc12. The Bertz CT molecular complexity index is 1000. The molecular weight excluding hydrogens is 308 g/mol. The third-order valence-electron chi connectivity index (χ3n) is 4.81. The summed E-state index contributed by atoms with van der Waals surface area (Å²) >= 11 is 0. The van der Waals surface area contributed by atoms with E-state index in [1.165, 1.54) is 11.3 Å². The highest BCUT2D eigenvalue weighted by Gasteiger charge is 2.16. The van der Waals surface area contributed by atoms with Crippen molar-refractivity contribution >= 4 is 28.7 Å². The summed E-state index contributed by atoms with van der Waals surface area (Å²) < 4.78 is 0. The molecule has 2 aromatic carbocycles. The van der Waals surface area contributed by atoms with Gasteiger partial charge in [0.25, 0.3) is 0 Å². The molecule has 124 valence electrons. The summed E-state index contributed by atoms with van der Waals surface area (Å²) in [5, 5.41) is 11.6. The minimum absolute atomic E-state index is 0.147. The molecule has 4 rings (SSSR count). The quantitative estimate of drug-likeness (QED) is 0.734. The van der Waals surface area contributed by atoms with Gasteiger partial charge in [-0.2, -0.15) is 0 Å². The topological polar surface area (TPSA) is 36.4 Å². The molecule has 1 aliphatic rings. The number of hydrogen-bond donors (Lipinski definition) is 1. The van der Waals surface area contributed by atoms with Gasteiger partial charge in [0, 0.05) is 29.9 Å². The van der Waals surface area contributed by atoms with Crippen LogP contribution in [0, 0.1) is 6.92 Å². The molecule has 1 unspecified atom stereocenters. The van der Waals surface area contributed by atoms with Crippen molar-refractivity contribution in [2.24, 2.45) is 0 Å². The van der Waals surface area contributed by atoms with E-state index >= 15 is 0 Å². The van der Waals surface area contributed by atoms with E-state index in [4.69, 9.17) is 0 Å². The standard InChI is InChI=1S/C22H20N2O/c1-15-14-17(22(25)21-19(15)7-5-13-23-21)10-12-18-11-9-16-6-3-4-8-20(16)24(18)2/h3-14,18,25H,1-2H3/b12-10+. The molecule has 3 nitrogen and oxygen atoms in total. The Morgan fingerprint density at radius 1 is 1.16 bits per heavy atom. The summed E-state index contributed by atoms with van der Waals surface area (Å²) in [5.41, 5.74) is 4.99. The Morgan fingerprint density at radius 3 is 2.88 bits per heavy atom. The third kappa shape index (κ3) is 2.68. The molecule has 0 amide bonds. The molecule has 0 radical (unpaired) electrons. The number of nitrogens with zero attached hydrogens (tertiary/aromatic N) is 2. The minimum Gasteiger partial charge on any atom is -0.505 e. The van der Waals surface area contributed by atoms with Crippen molar-refractivity contribution in [1.29, 1.82) is 0 Å². The first-order valence-corrected chi connectivity index (χ1v) is 8.41. The van der Waals surface area contributed by atoms with Gasteiger partial charge in [-0.1, -0.05) is 48.6 Å². The Balaban J connectivity index is 1.69. The van der Waals surface area contributed by atoms with Crippen LogP contribution in [-0.4, -0.2) is 23.2 Å². The molecule has 0 bridgehead atoms. The predicted octanol–water partition coefficient (Wildman–Crippen LogP) is 4.79. The van der Waals surface area contributed by atoms with E-state index in [2.05, 4.69) is 59.4 Å². The summed E-state index contributed by atoms with van der Waals surface area (Å²) in [6.07, 6.45) is 10.1. The lowest BCUT2D eigenvalue weighted by atomic mass is 10.0. The summed E-state index contributed by atoms with van der Waals surface area (Å²) in [6.45, 7) is 2.05. The van der Waals surface area contributed by atoms with Gasteiger partial charge >= 0.3 is 0 Å². The number of anilines is 1. The van der Waals surface area contributed by atoms with Crippen LogP contribution in [0.25, 0.3) is 23.1 Å². The van der Waals surface area contributed by atoms with Crippen LogP contribution in [0.4, 0.5) is 5.69 Å². The summed E-state index contributed by atoms with van der Waals surface area (Å²) in [6, 6.07) is 14.4. The lowest BCUT2D eigenvalue weighted by molar-refractivity contribution is 0.479. The fraction of sp³-hybridized carbons (Fsp3) is 0.136. The van der Waals surface area contributed by atoms with Crippen molar-refractivity contribution in [3.8, 4) is 5.75 Å². The molecule has 3 heteroatoms. The Hall–Kier alpha value is -3.07. The van der Waals surface area contributed by atoms with E-state index < -0.39 is 0 Å². The Morgan fingerprint density at radius 2 is 2.00 bits per heavy atom. The first-order chi connectivity index (χ1) is 12.1. The van der Waals surface area contributed by atoms with Gasteiger partial charge in [0.05, 0.1) is 6.04 Å². The van der Waals surface area contributed by atoms with Gasteiger partial charge in [-0.3, -0.25) is 4.98 Å². The van der Waals surface area contributed by atoms with E-state index in [1.807, 2.05) is 31.2 Å². The van der Waals surface area contributed by atoms with Crippen LogP contribution in [0.5, 0.6) is 5.75 Å². The Labute approximate surface area is 147 Å². The zero-order chi connectivity index (χ0) is 17.4. The maximum Gasteiger partial charge on any atom is 0.149 e. The van der Waals surface area contributed by atoms with E-state index in [0.717, 1.165) is 16.5 Å². The van der Waals surface area contributed by atoms with Crippen LogP contribution < -0.4 is 4.90 Å². The highest BCUT2D eigenvalue weighted by Crippen LogP contribution is 2.32. The third-order valence-corrected chi connectivity index (χ3v) is 4.81. The molecule has 0 aliphatic carbocycles. The van der Waals surface area contributed by atoms with Gasteiger partial charge in [-0.05, 0) is 36.2 Å². The second kappa shape index (κ2) is 6.10. The van der Waals surface area contributed by atoms with Crippen molar-refractivity contribution in [3.63, 3.8) is 0 Å². The van der Waals surface area contributed by atoms with E-state index in [9.17, 15) is 5.11 Å². The fourth-order valence-electron chi connectivity index (χ4n) is 3.39. The number of aryl methyl sites for hydroxylation is 1. The lowest BCUT2D eigenvalue weighted by Gasteiger charge is -2.30. The molecule has 1 aliphatic heterocycles. The average Bonchev–Trinajstić information content (AvgIpc) is 2.65. The van der Waals surface area contributed by atoms with Crippen LogP contribution >= 0.6 is 0 Å². The van der Waals surface area contributed by atoms with Crippen molar-refractivity contribution in [2.75, 3.05) is 11.9 Å². The highest BCUT2D eigenvalue weighted by molar-refractivity contribution is 5.90. The first kappa shape index (κ1) is 15.5. The zero-order valence-electron chi connectivity index (χ0n) is 14.3. The van der Waals surface area contributed by atoms with Crippen LogP contribution in [0.2, 0.25) is 0 Å². The minimum atomic E-state index is 0.147. The smallest absolute Gasteiger partial charge is 0.149 e. The van der Waals surface area contributed by atoms with Gasteiger partial charge < -0.3 is 10.0 Å². The largest absolute Gasteiger partial charge is 0.505 e. The molecule has 0 spiro atoms. The van der Waals surface area contributed by atoms with Crippen molar-refractivity contribution in [2.45, 2.75) is 13.0 Å². The number of phenolic OH excluding ortho intramolecular Hbond substituents is 1. The van der Waals surface area contributed by atoms with Crippen molar-refractivity contribution in [1.82, 2.24) is 4.98 Å². The van der Waals surface area contributed by atoms with Crippen LogP contribution in [0.15, 0.2) is 60.8 Å². The van der Waals surface area contributed by atoms with Gasteiger partial charge in [0.15, 0.2) is 0 Å². The number of pyridine rings is 1. The van der Waals surface area contributed by atoms with Crippen molar-refractivity contribution < 1.29 is 5.11 Å². The predicted molar refractivity (Wildman–Crippen MR) is 105 cm³/mol. The number of hydrogen-bond acceptors (Lipinski definition) is 3. The molecule has 0 fully saturated rings. The fourth-order valence-corrected chi connectivity index (χ4v) is 3.39. The number of phenols is 1. The molecule has 0 saturated heterocycles. The number of rotatable bonds is 2. The second-order valence-electron chi connectivity index (χ2n) is 6.41. The number of aromatic hydroxyl groups is 1. The van der Waals surface area contributed by atoms with Gasteiger partial charge in [-0.25, -0.2) is 0 Å². The molecule has 25 heavy (non-hydrogen) atoms. The summed E-state index contributed by atoms with van der Waals surface area (Å²) in [5.74, 6) is 0.236. The highest BCUT2D eigenvalue weighted by atomic mass is 16.3. The van der Waals surface area contributed by atoms with E-state index in [-0.39, 0.29) is 11.8 Å². The van der Waals surface area contributed by atoms with Gasteiger partial charge in [-0.15, -0.1) is 0 Å². The number of likely N-dealkylation sites (N-methyl/N-ethyl adjacent to an activating group) is 1. The van der Waals surface area contributed by atoms with E-state index in [1.54, 1.807) is 6.20 Å². The zero-order valence-corrected chi connectivity index (χ0v) is 14.3. The molecule has 0 saturated carbocycles. The number of para-hydroxylation sites is 1.